The van der Waals surface area contributed by atoms with Crippen LogP contribution in [0.3, 0.4) is 0 Å². The van der Waals surface area contributed by atoms with Crippen molar-refractivity contribution in [2.24, 2.45) is 0 Å². The highest BCUT2D eigenvalue weighted by molar-refractivity contribution is 7.89. The lowest BCUT2D eigenvalue weighted by Gasteiger charge is -2.16. The molecular weight excluding hydrogens is 296 g/mol. The van der Waals surface area contributed by atoms with Gasteiger partial charge in [-0.2, -0.15) is 9.57 Å². The van der Waals surface area contributed by atoms with Crippen LogP contribution in [-0.4, -0.2) is 29.7 Å². The molecule has 0 bridgehead atoms. The maximum atomic E-state index is 12.5. The number of aromatic nitrogens is 2. The van der Waals surface area contributed by atoms with Gasteiger partial charge in [0.05, 0.1) is 11.2 Å². The number of sulfonamides is 1. The van der Waals surface area contributed by atoms with E-state index in [9.17, 15) is 8.42 Å². The Morgan fingerprint density at radius 2 is 2.20 bits per heavy atom. The zero-order chi connectivity index (χ0) is 14.8. The lowest BCUT2D eigenvalue weighted by Crippen LogP contribution is -2.27. The van der Waals surface area contributed by atoms with Crippen molar-refractivity contribution < 1.29 is 8.42 Å². The monoisotopic (exact) mass is 308 g/mol. The number of hydrogen-bond acceptors (Lipinski definition) is 6. The third-order valence-corrected chi connectivity index (χ3v) is 5.53. The molecule has 0 aromatic carbocycles. The van der Waals surface area contributed by atoms with Crippen LogP contribution in [0.2, 0.25) is 0 Å². The summed E-state index contributed by atoms with van der Waals surface area (Å²) in [6.45, 7) is 2.05. The maximum Gasteiger partial charge on any atom is 0.246 e. The lowest BCUT2D eigenvalue weighted by molar-refractivity contribution is 0.468. The first kappa shape index (κ1) is 14.6. The normalized spacial score (nSPS) is 11.5. The fraction of sp³-hybridized carbons (Fsp3) is 0.250. The third-order valence-electron chi connectivity index (χ3n) is 2.78. The third kappa shape index (κ3) is 2.70. The number of aryl methyl sites for hydroxylation is 1. The van der Waals surface area contributed by atoms with Crippen LogP contribution in [0.5, 0.6) is 0 Å². The van der Waals surface area contributed by atoms with Gasteiger partial charge in [0.2, 0.25) is 10.0 Å². The zero-order valence-electron chi connectivity index (χ0n) is 10.9. The molecule has 0 unspecified atom stereocenters. The summed E-state index contributed by atoms with van der Waals surface area (Å²) in [6.07, 6.45) is 1.39. The number of thiazole rings is 1. The molecule has 2 heterocycles. The quantitative estimate of drug-likeness (QED) is 0.855. The fourth-order valence-electron chi connectivity index (χ4n) is 1.62. The number of pyridine rings is 1. The second-order valence-electron chi connectivity index (χ2n) is 4.08. The molecule has 8 heteroatoms. The van der Waals surface area contributed by atoms with E-state index in [1.807, 2.05) is 6.92 Å². The van der Waals surface area contributed by atoms with Crippen LogP contribution in [0.15, 0.2) is 28.7 Å². The van der Waals surface area contributed by atoms with E-state index in [2.05, 4.69) is 9.97 Å². The molecule has 20 heavy (non-hydrogen) atoms. The summed E-state index contributed by atoms with van der Waals surface area (Å²) < 4.78 is 26.1. The van der Waals surface area contributed by atoms with Crippen LogP contribution in [0.4, 0.5) is 0 Å². The van der Waals surface area contributed by atoms with Crippen LogP contribution in [-0.2, 0) is 16.6 Å². The van der Waals surface area contributed by atoms with Gasteiger partial charge < -0.3 is 0 Å². The molecule has 0 aliphatic rings. The van der Waals surface area contributed by atoms with E-state index in [0.717, 1.165) is 10.6 Å². The molecule has 2 aromatic heterocycles. The van der Waals surface area contributed by atoms with Gasteiger partial charge >= 0.3 is 0 Å². The molecule has 0 aliphatic heterocycles. The molecule has 0 spiro atoms. The predicted octanol–water partition coefficient (Wildman–Crippen LogP) is 1.54. The number of rotatable bonds is 4. The first-order valence-electron chi connectivity index (χ1n) is 5.67. The highest BCUT2D eigenvalue weighted by Crippen LogP contribution is 2.21. The zero-order valence-corrected chi connectivity index (χ0v) is 12.6. The van der Waals surface area contributed by atoms with Crippen molar-refractivity contribution in [3.8, 4) is 6.07 Å². The van der Waals surface area contributed by atoms with E-state index in [1.165, 1.54) is 41.0 Å². The standard InChI is InChI=1S/C12H12N4O2S2/c1-9-11(19-8-15-9)7-16(2)20(17,18)12-4-3-5-14-10(12)6-13/h3-5,8H,7H2,1-2H3. The molecule has 0 saturated heterocycles. The first-order chi connectivity index (χ1) is 9.46. The van der Waals surface area contributed by atoms with Gasteiger partial charge in [0, 0.05) is 24.7 Å². The van der Waals surface area contributed by atoms with E-state index in [4.69, 9.17) is 5.26 Å². The van der Waals surface area contributed by atoms with E-state index >= 15 is 0 Å². The summed E-state index contributed by atoms with van der Waals surface area (Å²) in [5.74, 6) is 0. The van der Waals surface area contributed by atoms with Crippen molar-refractivity contribution in [1.29, 1.82) is 5.26 Å². The van der Waals surface area contributed by atoms with Crippen LogP contribution in [0.1, 0.15) is 16.3 Å². The number of nitrogens with zero attached hydrogens (tertiary/aromatic N) is 4. The number of hydrogen-bond donors (Lipinski definition) is 0. The van der Waals surface area contributed by atoms with Gasteiger partial charge in [0.1, 0.15) is 11.0 Å². The highest BCUT2D eigenvalue weighted by Gasteiger charge is 2.25. The average molecular weight is 308 g/mol. The molecule has 0 saturated carbocycles. The van der Waals surface area contributed by atoms with Gasteiger partial charge in [-0.05, 0) is 19.1 Å². The lowest BCUT2D eigenvalue weighted by atomic mass is 10.4. The Kier molecular flexibility index (Phi) is 4.13. The Hall–Kier alpha value is -1.82. The van der Waals surface area contributed by atoms with Crippen LogP contribution >= 0.6 is 11.3 Å². The van der Waals surface area contributed by atoms with Crippen molar-refractivity contribution >= 4 is 21.4 Å². The average Bonchev–Trinajstić information content (AvgIpc) is 2.84. The Bertz CT molecular complexity index is 762. The van der Waals surface area contributed by atoms with Crippen molar-refractivity contribution in [3.63, 3.8) is 0 Å². The Morgan fingerprint density at radius 1 is 1.45 bits per heavy atom. The summed E-state index contributed by atoms with van der Waals surface area (Å²) in [5.41, 5.74) is 2.39. The van der Waals surface area contributed by atoms with Gasteiger partial charge in [-0.15, -0.1) is 11.3 Å². The molecule has 0 aliphatic carbocycles. The minimum absolute atomic E-state index is 0.0767. The van der Waals surface area contributed by atoms with Gasteiger partial charge in [0.25, 0.3) is 0 Å². The second kappa shape index (κ2) is 5.66. The second-order valence-corrected chi connectivity index (χ2v) is 7.04. The summed E-state index contributed by atoms with van der Waals surface area (Å²) in [4.78, 5) is 8.67. The topological polar surface area (TPSA) is 87.0 Å². The molecule has 0 atom stereocenters. The Labute approximate surface area is 121 Å². The smallest absolute Gasteiger partial charge is 0.246 e. The van der Waals surface area contributed by atoms with E-state index in [0.29, 0.717) is 0 Å². The summed E-state index contributed by atoms with van der Waals surface area (Å²) in [6, 6.07) is 4.69. The van der Waals surface area contributed by atoms with E-state index < -0.39 is 10.0 Å². The minimum Gasteiger partial charge on any atom is -0.250 e. The van der Waals surface area contributed by atoms with Crippen LogP contribution in [0, 0.1) is 18.3 Å². The molecule has 2 aromatic rings. The minimum atomic E-state index is -3.75. The SMILES string of the molecule is Cc1ncsc1CN(C)S(=O)(=O)c1cccnc1C#N. The molecule has 0 N–H and O–H groups in total. The molecular formula is C12H12N4O2S2. The van der Waals surface area contributed by atoms with Gasteiger partial charge in [-0.3, -0.25) is 0 Å². The molecule has 0 fully saturated rings. The van der Waals surface area contributed by atoms with Crippen molar-refractivity contribution in [1.82, 2.24) is 14.3 Å². The van der Waals surface area contributed by atoms with Crippen LogP contribution < -0.4 is 0 Å². The van der Waals surface area contributed by atoms with Crippen molar-refractivity contribution in [3.05, 3.63) is 40.1 Å². The van der Waals surface area contributed by atoms with Gasteiger partial charge in [0.15, 0.2) is 5.69 Å². The van der Waals surface area contributed by atoms with E-state index in [1.54, 1.807) is 11.6 Å². The van der Waals surface area contributed by atoms with Gasteiger partial charge in [-0.1, -0.05) is 0 Å². The summed E-state index contributed by atoms with van der Waals surface area (Å²) >= 11 is 1.40. The Balaban J connectivity index is 2.35. The molecule has 6 nitrogen and oxygen atoms in total. The number of nitriles is 1. The van der Waals surface area contributed by atoms with Crippen molar-refractivity contribution in [2.75, 3.05) is 7.05 Å². The van der Waals surface area contributed by atoms with Crippen LogP contribution in [0.25, 0.3) is 0 Å². The largest absolute Gasteiger partial charge is 0.250 e. The maximum absolute atomic E-state index is 12.5. The van der Waals surface area contributed by atoms with Gasteiger partial charge in [-0.25, -0.2) is 18.4 Å². The van der Waals surface area contributed by atoms with Crippen molar-refractivity contribution in [2.45, 2.75) is 18.4 Å². The summed E-state index contributed by atoms with van der Waals surface area (Å²) in [5, 5.41) is 8.96. The predicted molar refractivity (Wildman–Crippen MR) is 74.5 cm³/mol. The molecule has 0 amide bonds. The van der Waals surface area contributed by atoms with E-state index in [-0.39, 0.29) is 17.1 Å². The molecule has 2 rings (SSSR count). The highest BCUT2D eigenvalue weighted by atomic mass is 32.2. The fourth-order valence-corrected chi connectivity index (χ4v) is 3.76. The summed E-state index contributed by atoms with van der Waals surface area (Å²) in [7, 11) is -2.27. The first-order valence-corrected chi connectivity index (χ1v) is 7.99. The Morgan fingerprint density at radius 3 is 2.80 bits per heavy atom. The molecule has 0 radical (unpaired) electrons. The molecule has 104 valence electrons.